The molecule has 0 fully saturated rings. The van der Waals surface area contributed by atoms with Crippen LogP contribution in [0.4, 0.5) is 5.95 Å². The average Bonchev–Trinajstić information content (AvgIpc) is 2.72. The summed E-state index contributed by atoms with van der Waals surface area (Å²) >= 11 is 0. The van der Waals surface area contributed by atoms with Crippen molar-refractivity contribution in [3.63, 3.8) is 0 Å². The molecule has 3 N–H and O–H groups in total. The molecule has 0 aromatic carbocycles. The van der Waals surface area contributed by atoms with Crippen molar-refractivity contribution in [3.8, 4) is 0 Å². The molecule has 2 aromatic rings. The second-order valence-corrected chi connectivity index (χ2v) is 4.27. The maximum Gasteiger partial charge on any atom is 0.332 e. The summed E-state index contributed by atoms with van der Waals surface area (Å²) in [5, 5.41) is 3.03. The van der Waals surface area contributed by atoms with Crippen LogP contribution < -0.4 is 22.3 Å². The molecule has 104 valence electrons. The van der Waals surface area contributed by atoms with Crippen LogP contribution in [0.1, 0.15) is 6.92 Å². The van der Waals surface area contributed by atoms with Crippen LogP contribution in [-0.4, -0.2) is 31.8 Å². The van der Waals surface area contributed by atoms with Gasteiger partial charge in [-0.2, -0.15) is 4.98 Å². The number of nitrogens with two attached hydrogens (primary N) is 1. The summed E-state index contributed by atoms with van der Waals surface area (Å²) in [6, 6.07) is 0. The van der Waals surface area contributed by atoms with Crippen LogP contribution in [0.25, 0.3) is 11.2 Å². The SMILES string of the molecule is CCn1c(=O)c2c(nc(NCCN)n2C)n(C)c1=O. The monoisotopic (exact) mass is 266 g/mol. The van der Waals surface area contributed by atoms with Gasteiger partial charge >= 0.3 is 5.69 Å². The highest BCUT2D eigenvalue weighted by atomic mass is 16.2. The molecule has 0 spiro atoms. The minimum atomic E-state index is -0.358. The average molecular weight is 266 g/mol. The molecule has 8 nitrogen and oxygen atoms in total. The third-order valence-electron chi connectivity index (χ3n) is 3.10. The zero-order chi connectivity index (χ0) is 14.2. The Morgan fingerprint density at radius 1 is 1.26 bits per heavy atom. The van der Waals surface area contributed by atoms with Crippen molar-refractivity contribution < 1.29 is 0 Å². The highest BCUT2D eigenvalue weighted by Gasteiger charge is 2.17. The van der Waals surface area contributed by atoms with E-state index in [-0.39, 0.29) is 11.2 Å². The number of hydrogen-bond acceptors (Lipinski definition) is 5. The predicted octanol–water partition coefficient (Wildman–Crippen LogP) is -1.18. The number of nitrogens with zero attached hydrogens (tertiary/aromatic N) is 4. The third-order valence-corrected chi connectivity index (χ3v) is 3.10. The fourth-order valence-corrected chi connectivity index (χ4v) is 2.06. The number of aryl methyl sites for hydroxylation is 2. The fraction of sp³-hybridized carbons (Fsp3) is 0.545. The molecule has 0 radical (unpaired) electrons. The predicted molar refractivity (Wildman–Crippen MR) is 73.4 cm³/mol. The van der Waals surface area contributed by atoms with Gasteiger partial charge in [0.1, 0.15) is 0 Å². The first-order valence-electron chi connectivity index (χ1n) is 6.13. The molecule has 0 bridgehead atoms. The number of rotatable bonds is 4. The van der Waals surface area contributed by atoms with Gasteiger partial charge in [0, 0.05) is 33.7 Å². The summed E-state index contributed by atoms with van der Waals surface area (Å²) in [4.78, 5) is 28.6. The topological polar surface area (TPSA) is 99.9 Å². The summed E-state index contributed by atoms with van der Waals surface area (Å²) in [5.41, 5.74) is 5.53. The molecule has 0 aliphatic carbocycles. The van der Waals surface area contributed by atoms with Gasteiger partial charge in [-0.1, -0.05) is 0 Å². The number of imidazole rings is 1. The Balaban J connectivity index is 2.80. The number of aromatic nitrogens is 4. The summed E-state index contributed by atoms with van der Waals surface area (Å²) in [6.45, 7) is 3.10. The van der Waals surface area contributed by atoms with Crippen LogP contribution in [0, 0.1) is 0 Å². The lowest BCUT2D eigenvalue weighted by Gasteiger charge is -2.06. The Labute approximate surface area is 109 Å². The Morgan fingerprint density at radius 3 is 2.53 bits per heavy atom. The summed E-state index contributed by atoms with van der Waals surface area (Å²) in [6.07, 6.45) is 0. The van der Waals surface area contributed by atoms with E-state index in [1.54, 1.807) is 25.6 Å². The summed E-state index contributed by atoms with van der Waals surface area (Å²) < 4.78 is 4.23. The van der Waals surface area contributed by atoms with E-state index in [4.69, 9.17) is 5.73 Å². The number of hydrogen-bond donors (Lipinski definition) is 2. The highest BCUT2D eigenvalue weighted by molar-refractivity contribution is 5.74. The minimum absolute atomic E-state index is 0.323. The van der Waals surface area contributed by atoms with Crippen LogP contribution >= 0.6 is 0 Å². The van der Waals surface area contributed by atoms with E-state index in [2.05, 4.69) is 10.3 Å². The highest BCUT2D eigenvalue weighted by Crippen LogP contribution is 2.12. The molecular formula is C11H18N6O2. The van der Waals surface area contributed by atoms with Gasteiger partial charge in [0.05, 0.1) is 0 Å². The first-order valence-corrected chi connectivity index (χ1v) is 6.13. The molecule has 0 saturated carbocycles. The van der Waals surface area contributed by atoms with Gasteiger partial charge < -0.3 is 15.6 Å². The van der Waals surface area contributed by atoms with E-state index in [0.29, 0.717) is 36.7 Å². The lowest BCUT2D eigenvalue weighted by Crippen LogP contribution is -2.39. The molecule has 2 rings (SSSR count). The van der Waals surface area contributed by atoms with E-state index in [9.17, 15) is 9.59 Å². The van der Waals surface area contributed by atoms with Crippen molar-refractivity contribution in [2.45, 2.75) is 13.5 Å². The molecule has 0 aliphatic rings. The zero-order valence-electron chi connectivity index (χ0n) is 11.3. The molecule has 0 amide bonds. The van der Waals surface area contributed by atoms with Crippen LogP contribution in [0.15, 0.2) is 9.59 Å². The largest absolute Gasteiger partial charge is 0.354 e. The normalized spacial score (nSPS) is 11.2. The lowest BCUT2D eigenvalue weighted by molar-refractivity contribution is 0.635. The van der Waals surface area contributed by atoms with Gasteiger partial charge in [-0.15, -0.1) is 0 Å². The van der Waals surface area contributed by atoms with E-state index in [1.807, 2.05) is 0 Å². The Bertz CT molecular complexity index is 723. The molecular weight excluding hydrogens is 248 g/mol. The Kier molecular flexibility index (Phi) is 3.43. The van der Waals surface area contributed by atoms with Crippen molar-refractivity contribution in [1.82, 2.24) is 18.7 Å². The van der Waals surface area contributed by atoms with Crippen LogP contribution in [0.5, 0.6) is 0 Å². The van der Waals surface area contributed by atoms with Gasteiger partial charge in [-0.05, 0) is 6.92 Å². The zero-order valence-corrected chi connectivity index (χ0v) is 11.3. The molecule has 2 heterocycles. The number of anilines is 1. The van der Waals surface area contributed by atoms with Gasteiger partial charge in [0.25, 0.3) is 5.56 Å². The van der Waals surface area contributed by atoms with Crippen LogP contribution in [0.3, 0.4) is 0 Å². The molecule has 8 heteroatoms. The van der Waals surface area contributed by atoms with Gasteiger partial charge in [0.15, 0.2) is 11.2 Å². The molecule has 0 unspecified atom stereocenters. The van der Waals surface area contributed by atoms with Crippen molar-refractivity contribution in [2.24, 2.45) is 19.8 Å². The summed E-state index contributed by atoms with van der Waals surface area (Å²) in [7, 11) is 3.34. The lowest BCUT2D eigenvalue weighted by atomic mass is 10.5. The van der Waals surface area contributed by atoms with Crippen molar-refractivity contribution >= 4 is 17.1 Å². The summed E-state index contributed by atoms with van der Waals surface area (Å²) in [5.74, 6) is 0.529. The van der Waals surface area contributed by atoms with Crippen molar-refractivity contribution in [1.29, 1.82) is 0 Å². The van der Waals surface area contributed by atoms with Gasteiger partial charge in [-0.3, -0.25) is 13.9 Å². The van der Waals surface area contributed by atoms with Crippen molar-refractivity contribution in [3.05, 3.63) is 20.8 Å². The Hall–Kier alpha value is -2.09. The number of fused-ring (bicyclic) bond motifs is 1. The Morgan fingerprint density at radius 2 is 1.95 bits per heavy atom. The molecule has 0 atom stereocenters. The fourth-order valence-electron chi connectivity index (χ4n) is 2.06. The minimum Gasteiger partial charge on any atom is -0.354 e. The van der Waals surface area contributed by atoms with Crippen LogP contribution in [-0.2, 0) is 20.6 Å². The van der Waals surface area contributed by atoms with Gasteiger partial charge in [-0.25, -0.2) is 4.79 Å². The molecule has 0 saturated heterocycles. The van der Waals surface area contributed by atoms with Crippen molar-refractivity contribution in [2.75, 3.05) is 18.4 Å². The van der Waals surface area contributed by atoms with E-state index < -0.39 is 0 Å². The maximum atomic E-state index is 12.3. The quantitative estimate of drug-likeness (QED) is 0.726. The van der Waals surface area contributed by atoms with E-state index >= 15 is 0 Å². The second kappa shape index (κ2) is 4.88. The molecule has 0 aliphatic heterocycles. The number of nitrogens with one attached hydrogen (secondary N) is 1. The standard InChI is InChI=1S/C11H18N6O2/c1-4-17-9(18)7-8(16(3)11(17)19)14-10(15(7)2)13-6-5-12/h4-6,12H2,1-3H3,(H,13,14). The van der Waals surface area contributed by atoms with Crippen LogP contribution in [0.2, 0.25) is 0 Å². The van der Waals surface area contributed by atoms with E-state index in [1.165, 1.54) is 9.13 Å². The van der Waals surface area contributed by atoms with E-state index in [0.717, 1.165) is 0 Å². The van der Waals surface area contributed by atoms with Gasteiger partial charge in [0.2, 0.25) is 5.95 Å². The molecule has 19 heavy (non-hydrogen) atoms. The second-order valence-electron chi connectivity index (χ2n) is 4.27. The smallest absolute Gasteiger partial charge is 0.332 e. The third kappa shape index (κ3) is 1.93. The maximum absolute atomic E-state index is 12.3. The first-order chi connectivity index (χ1) is 9.02. The first kappa shape index (κ1) is 13.3. The molecule has 2 aromatic heterocycles.